The molecule has 12 aromatic rings. The average molecular weight is 811 g/mol. The van der Waals surface area contributed by atoms with Gasteiger partial charge in [-0.05, 0) is 139 Å². The van der Waals surface area contributed by atoms with Gasteiger partial charge in [-0.15, -0.1) is 0 Å². The largest absolute Gasteiger partial charge is 0.0622 e. The number of rotatable bonds is 7. The standard InChI is InChI=1S/C64H42/c1-3-18-43(19-4-1)48-40-49(44-20-5-2-6-21-44)42-50(41-48)63-58-29-13-15-31-60(58)64(61-32-16-14-30-59(61)63)62-39-37-47(53-26-10-12-28-56(53)62)35-34-46-36-38-57(54-27-11-9-25-52(46)54)55-33-17-23-45-22-7-8-24-51(45)55/h1-42H. The van der Waals surface area contributed by atoms with Gasteiger partial charge in [0.05, 0.1) is 0 Å². The van der Waals surface area contributed by atoms with Gasteiger partial charge in [0.15, 0.2) is 0 Å². The van der Waals surface area contributed by atoms with E-state index >= 15 is 0 Å². The van der Waals surface area contributed by atoms with E-state index in [1.54, 1.807) is 0 Å². The molecule has 0 aliphatic heterocycles. The van der Waals surface area contributed by atoms with Crippen molar-refractivity contribution < 1.29 is 0 Å². The van der Waals surface area contributed by atoms with Crippen LogP contribution in [0.3, 0.4) is 0 Å². The molecule has 12 rings (SSSR count). The molecule has 12 aromatic carbocycles. The smallest absolute Gasteiger partial charge is 0.00201 e. The van der Waals surface area contributed by atoms with E-state index in [1.807, 2.05) is 0 Å². The molecule has 298 valence electrons. The van der Waals surface area contributed by atoms with E-state index in [0.717, 1.165) is 0 Å². The molecule has 0 unspecified atom stereocenters. The minimum absolute atomic E-state index is 1.19. The van der Waals surface area contributed by atoms with Gasteiger partial charge in [-0.1, -0.05) is 237 Å². The van der Waals surface area contributed by atoms with Crippen LogP contribution >= 0.6 is 0 Å². The summed E-state index contributed by atoms with van der Waals surface area (Å²) in [4.78, 5) is 0. The summed E-state index contributed by atoms with van der Waals surface area (Å²) in [7, 11) is 0. The molecule has 0 saturated carbocycles. The number of benzene rings is 12. The SMILES string of the molecule is C(=Cc1ccc(-c2c3ccccc3c(-c3cc(-c4ccccc4)cc(-c4ccccc4)c3)c3ccccc23)c2ccccc12)c1ccc(-c2cccc3ccccc23)c2ccccc12. The predicted molar refractivity (Wildman–Crippen MR) is 277 cm³/mol. The first-order chi connectivity index (χ1) is 31.8. The third-order valence-electron chi connectivity index (χ3n) is 13.1. The Hall–Kier alpha value is -8.32. The maximum absolute atomic E-state index is 2.38. The molecular weight excluding hydrogens is 769 g/mol. The van der Waals surface area contributed by atoms with Gasteiger partial charge in [-0.25, -0.2) is 0 Å². The van der Waals surface area contributed by atoms with Gasteiger partial charge in [0.2, 0.25) is 0 Å². The second-order valence-corrected chi connectivity index (χ2v) is 16.7. The Bertz CT molecular complexity index is 3640. The van der Waals surface area contributed by atoms with E-state index in [9.17, 15) is 0 Å². The van der Waals surface area contributed by atoms with Crippen LogP contribution in [0.25, 0.3) is 122 Å². The summed E-state index contributed by atoms with van der Waals surface area (Å²) in [5.74, 6) is 0. The Morgan fingerprint density at radius 1 is 0.203 bits per heavy atom. The van der Waals surface area contributed by atoms with Crippen molar-refractivity contribution in [3.63, 3.8) is 0 Å². The Kier molecular flexibility index (Phi) is 9.28. The van der Waals surface area contributed by atoms with Crippen LogP contribution < -0.4 is 0 Å². The highest BCUT2D eigenvalue weighted by Crippen LogP contribution is 2.47. The van der Waals surface area contributed by atoms with Crippen LogP contribution in [0.15, 0.2) is 243 Å². The fourth-order valence-electron chi connectivity index (χ4n) is 10.1. The first kappa shape index (κ1) is 37.4. The zero-order valence-electron chi connectivity index (χ0n) is 35.2. The van der Waals surface area contributed by atoms with Crippen LogP contribution in [0.1, 0.15) is 11.1 Å². The summed E-state index contributed by atoms with van der Waals surface area (Å²) in [6, 6.07) is 88.9. The molecule has 0 bridgehead atoms. The van der Waals surface area contributed by atoms with Crippen molar-refractivity contribution >= 4 is 66.0 Å². The van der Waals surface area contributed by atoms with E-state index in [1.165, 1.54) is 121 Å². The second-order valence-electron chi connectivity index (χ2n) is 16.7. The van der Waals surface area contributed by atoms with Crippen molar-refractivity contribution in [1.82, 2.24) is 0 Å². The lowest BCUT2D eigenvalue weighted by Crippen LogP contribution is -1.93. The van der Waals surface area contributed by atoms with Crippen LogP contribution in [0, 0.1) is 0 Å². The van der Waals surface area contributed by atoms with E-state index in [0.29, 0.717) is 0 Å². The van der Waals surface area contributed by atoms with E-state index < -0.39 is 0 Å². The van der Waals surface area contributed by atoms with E-state index in [-0.39, 0.29) is 0 Å². The first-order valence-corrected chi connectivity index (χ1v) is 22.2. The van der Waals surface area contributed by atoms with Crippen LogP contribution in [-0.2, 0) is 0 Å². The Balaban J connectivity index is 1.01. The summed E-state index contributed by atoms with van der Waals surface area (Å²) in [5, 5.41) is 12.5. The topological polar surface area (TPSA) is 0 Å². The fraction of sp³-hybridized carbons (Fsp3) is 0. The molecule has 0 aliphatic carbocycles. The summed E-state index contributed by atoms with van der Waals surface area (Å²) in [6.45, 7) is 0. The number of hydrogen-bond acceptors (Lipinski definition) is 0. The summed E-state index contributed by atoms with van der Waals surface area (Å²) in [5.41, 5.74) is 14.7. The van der Waals surface area contributed by atoms with Crippen LogP contribution in [0.5, 0.6) is 0 Å². The third-order valence-corrected chi connectivity index (χ3v) is 13.1. The highest BCUT2D eigenvalue weighted by molar-refractivity contribution is 6.24. The maximum Gasteiger partial charge on any atom is -0.00201 e. The molecule has 0 heteroatoms. The molecule has 64 heavy (non-hydrogen) atoms. The first-order valence-electron chi connectivity index (χ1n) is 22.2. The van der Waals surface area contributed by atoms with E-state index in [2.05, 4.69) is 255 Å². The normalized spacial score (nSPS) is 11.7. The molecule has 0 fully saturated rings. The number of hydrogen-bond donors (Lipinski definition) is 0. The monoisotopic (exact) mass is 810 g/mol. The summed E-state index contributed by atoms with van der Waals surface area (Å²) >= 11 is 0. The van der Waals surface area contributed by atoms with Gasteiger partial charge < -0.3 is 0 Å². The molecule has 0 spiro atoms. The predicted octanol–water partition coefficient (Wildman–Crippen LogP) is 18.0. The lowest BCUT2D eigenvalue weighted by Gasteiger charge is -2.20. The Morgan fingerprint density at radius 3 is 1.12 bits per heavy atom. The highest BCUT2D eigenvalue weighted by atomic mass is 14.2. The zero-order chi connectivity index (χ0) is 42.4. The van der Waals surface area contributed by atoms with Crippen LogP contribution in [0.4, 0.5) is 0 Å². The van der Waals surface area contributed by atoms with Gasteiger partial charge in [0.1, 0.15) is 0 Å². The van der Waals surface area contributed by atoms with Crippen molar-refractivity contribution in [1.29, 1.82) is 0 Å². The second kappa shape index (κ2) is 15.9. The minimum atomic E-state index is 1.19. The van der Waals surface area contributed by atoms with Gasteiger partial charge in [0.25, 0.3) is 0 Å². The van der Waals surface area contributed by atoms with Gasteiger partial charge in [-0.3, -0.25) is 0 Å². The quantitative estimate of drug-likeness (QED) is 0.111. The van der Waals surface area contributed by atoms with Crippen molar-refractivity contribution in [2.45, 2.75) is 0 Å². The lowest BCUT2D eigenvalue weighted by molar-refractivity contribution is 1.58. The molecule has 0 saturated heterocycles. The van der Waals surface area contributed by atoms with Crippen LogP contribution in [0.2, 0.25) is 0 Å². The van der Waals surface area contributed by atoms with Crippen molar-refractivity contribution in [3.05, 3.63) is 254 Å². The zero-order valence-corrected chi connectivity index (χ0v) is 35.2. The fourth-order valence-corrected chi connectivity index (χ4v) is 10.1. The maximum atomic E-state index is 2.38. The molecule has 0 N–H and O–H groups in total. The summed E-state index contributed by atoms with van der Waals surface area (Å²) in [6.07, 6.45) is 4.60. The Labute approximate surface area is 373 Å². The highest BCUT2D eigenvalue weighted by Gasteiger charge is 2.20. The van der Waals surface area contributed by atoms with Crippen molar-refractivity contribution in [2.24, 2.45) is 0 Å². The van der Waals surface area contributed by atoms with Gasteiger partial charge in [-0.2, -0.15) is 0 Å². The molecule has 0 amide bonds. The Morgan fingerprint density at radius 2 is 0.578 bits per heavy atom. The molecule has 0 atom stereocenters. The van der Waals surface area contributed by atoms with Crippen LogP contribution in [-0.4, -0.2) is 0 Å². The number of fused-ring (bicyclic) bond motifs is 5. The third kappa shape index (κ3) is 6.48. The van der Waals surface area contributed by atoms with E-state index in [4.69, 9.17) is 0 Å². The molecule has 0 nitrogen and oxygen atoms in total. The van der Waals surface area contributed by atoms with Gasteiger partial charge >= 0.3 is 0 Å². The minimum Gasteiger partial charge on any atom is -0.0622 e. The van der Waals surface area contributed by atoms with Crippen molar-refractivity contribution in [3.8, 4) is 55.6 Å². The lowest BCUT2D eigenvalue weighted by atomic mass is 9.83. The summed E-state index contributed by atoms with van der Waals surface area (Å²) < 4.78 is 0. The van der Waals surface area contributed by atoms with Crippen molar-refractivity contribution in [2.75, 3.05) is 0 Å². The average Bonchev–Trinajstić information content (AvgIpc) is 3.37. The molecule has 0 aliphatic rings. The molecule has 0 aromatic heterocycles. The van der Waals surface area contributed by atoms with Gasteiger partial charge in [0, 0.05) is 0 Å². The molecule has 0 heterocycles. The molecule has 0 radical (unpaired) electrons. The molecular formula is C64H42.